The number of rotatable bonds is 19. The molecule has 0 aliphatic carbocycles. The third kappa shape index (κ3) is 18.9. The molecule has 0 spiro atoms. The second-order valence-electron chi connectivity index (χ2n) is 9.54. The minimum atomic E-state index is -0.399. The summed E-state index contributed by atoms with van der Waals surface area (Å²) in [5.41, 5.74) is 0. The molecule has 30 heavy (non-hydrogen) atoms. The number of hydrogen-bond donors (Lipinski definition) is 0. The van der Waals surface area contributed by atoms with Crippen molar-refractivity contribution in [3.63, 3.8) is 0 Å². The fourth-order valence-corrected chi connectivity index (χ4v) is 3.26. The van der Waals surface area contributed by atoms with Crippen LogP contribution in [0.25, 0.3) is 0 Å². The second-order valence-corrected chi connectivity index (χ2v) is 9.54. The molecule has 0 amide bonds. The predicted molar refractivity (Wildman–Crippen MR) is 124 cm³/mol. The summed E-state index contributed by atoms with van der Waals surface area (Å²) in [5, 5.41) is 0. The molecular formula is C25H49NO4. The van der Waals surface area contributed by atoms with Gasteiger partial charge in [0.05, 0.1) is 5.92 Å². The van der Waals surface area contributed by atoms with Gasteiger partial charge in [-0.25, -0.2) is 0 Å². The molecule has 0 aromatic rings. The number of hydrogen-bond acceptors (Lipinski definition) is 5. The van der Waals surface area contributed by atoms with Crippen LogP contribution >= 0.6 is 0 Å². The lowest BCUT2D eigenvalue weighted by molar-refractivity contribution is -0.161. The van der Waals surface area contributed by atoms with E-state index in [1.54, 1.807) is 6.92 Å². The van der Waals surface area contributed by atoms with Gasteiger partial charge < -0.3 is 14.4 Å². The molecule has 0 fully saturated rings. The summed E-state index contributed by atoms with van der Waals surface area (Å²) < 4.78 is 10.6. The molecule has 178 valence electrons. The van der Waals surface area contributed by atoms with Gasteiger partial charge in [0.25, 0.3) is 0 Å². The number of carbonyl (C=O) groups is 2. The number of esters is 2. The van der Waals surface area contributed by atoms with Gasteiger partial charge in [0.1, 0.15) is 12.7 Å². The smallest absolute Gasteiger partial charge is 0.309 e. The maximum absolute atomic E-state index is 12.0. The van der Waals surface area contributed by atoms with E-state index >= 15 is 0 Å². The normalized spacial score (nSPS) is 13.5. The highest BCUT2D eigenvalue weighted by Crippen LogP contribution is 2.14. The zero-order valence-electron chi connectivity index (χ0n) is 20.7. The predicted octanol–water partition coefficient (Wildman–Crippen LogP) is 6.00. The largest absolute Gasteiger partial charge is 0.462 e. The van der Waals surface area contributed by atoms with Crippen LogP contribution in [0.2, 0.25) is 0 Å². The van der Waals surface area contributed by atoms with Crippen LogP contribution in [0, 0.1) is 11.8 Å². The minimum absolute atomic E-state index is 0.141. The van der Waals surface area contributed by atoms with Crippen molar-refractivity contribution in [2.45, 2.75) is 111 Å². The van der Waals surface area contributed by atoms with Crippen molar-refractivity contribution < 1.29 is 19.1 Å². The van der Waals surface area contributed by atoms with Crippen LogP contribution in [0.3, 0.4) is 0 Å². The Morgan fingerprint density at radius 2 is 1.30 bits per heavy atom. The first kappa shape index (κ1) is 28.9. The number of carbonyl (C=O) groups excluding carboxylic acids is 2. The van der Waals surface area contributed by atoms with E-state index in [9.17, 15) is 9.59 Å². The number of ether oxygens (including phenoxy) is 2. The Bertz CT molecular complexity index is 437. The summed E-state index contributed by atoms with van der Waals surface area (Å²) in [6, 6.07) is 0. The van der Waals surface area contributed by atoms with Crippen LogP contribution in [0.1, 0.15) is 105 Å². The summed E-state index contributed by atoms with van der Waals surface area (Å²) in [7, 11) is 3.96. The van der Waals surface area contributed by atoms with Crippen molar-refractivity contribution >= 4 is 11.9 Å². The standard InChI is InChI=1S/C25H49NO4/c1-21(2)16-14-12-10-8-7-9-11-13-15-17-24(27)29-20-23(4)30-25(28)22(3)18-19-26(5)6/h21-23H,7-20H2,1-6H3. The van der Waals surface area contributed by atoms with Gasteiger partial charge in [0.2, 0.25) is 0 Å². The van der Waals surface area contributed by atoms with Gasteiger partial charge in [0.15, 0.2) is 0 Å². The SMILES string of the molecule is CC(C)CCCCCCCCCCCC(=O)OCC(C)OC(=O)C(C)CCN(C)C. The van der Waals surface area contributed by atoms with Crippen LogP contribution in [-0.4, -0.2) is 50.2 Å². The van der Waals surface area contributed by atoms with E-state index in [4.69, 9.17) is 9.47 Å². The van der Waals surface area contributed by atoms with Crippen molar-refractivity contribution in [2.75, 3.05) is 27.2 Å². The van der Waals surface area contributed by atoms with Gasteiger partial charge in [-0.15, -0.1) is 0 Å². The van der Waals surface area contributed by atoms with Crippen LogP contribution in [-0.2, 0) is 19.1 Å². The fraction of sp³-hybridized carbons (Fsp3) is 0.920. The third-order valence-electron chi connectivity index (χ3n) is 5.37. The molecule has 0 bridgehead atoms. The van der Waals surface area contributed by atoms with Crippen molar-refractivity contribution in [3.8, 4) is 0 Å². The Morgan fingerprint density at radius 1 is 0.767 bits per heavy atom. The average Bonchev–Trinajstić information content (AvgIpc) is 2.68. The Kier molecular flexibility index (Phi) is 18.0. The van der Waals surface area contributed by atoms with Crippen molar-refractivity contribution in [1.29, 1.82) is 0 Å². The van der Waals surface area contributed by atoms with Crippen LogP contribution in [0.5, 0.6) is 0 Å². The molecule has 0 heterocycles. The van der Waals surface area contributed by atoms with Crippen molar-refractivity contribution in [1.82, 2.24) is 4.90 Å². The molecule has 0 N–H and O–H groups in total. The first-order valence-electron chi connectivity index (χ1n) is 12.2. The van der Waals surface area contributed by atoms with Gasteiger partial charge in [-0.3, -0.25) is 9.59 Å². The Balaban J connectivity index is 3.57. The molecule has 0 aromatic carbocycles. The molecule has 5 nitrogen and oxygen atoms in total. The fourth-order valence-electron chi connectivity index (χ4n) is 3.26. The lowest BCUT2D eigenvalue weighted by atomic mass is 10.0. The highest BCUT2D eigenvalue weighted by atomic mass is 16.6. The summed E-state index contributed by atoms with van der Waals surface area (Å²) in [6.45, 7) is 9.21. The topological polar surface area (TPSA) is 55.8 Å². The average molecular weight is 428 g/mol. The zero-order chi connectivity index (χ0) is 22.8. The summed E-state index contributed by atoms with van der Waals surface area (Å²) in [5.74, 6) is 0.270. The van der Waals surface area contributed by atoms with Crippen molar-refractivity contribution in [2.24, 2.45) is 11.8 Å². The van der Waals surface area contributed by atoms with E-state index in [2.05, 4.69) is 13.8 Å². The molecule has 2 atom stereocenters. The van der Waals surface area contributed by atoms with Crippen molar-refractivity contribution in [3.05, 3.63) is 0 Å². The molecule has 0 radical (unpaired) electrons. The lowest BCUT2D eigenvalue weighted by Crippen LogP contribution is -2.27. The lowest BCUT2D eigenvalue weighted by Gasteiger charge is -2.18. The molecule has 0 aliphatic heterocycles. The first-order valence-corrected chi connectivity index (χ1v) is 12.2. The monoisotopic (exact) mass is 427 g/mol. The number of nitrogens with zero attached hydrogens (tertiary/aromatic N) is 1. The second kappa shape index (κ2) is 18.7. The molecule has 0 rings (SSSR count). The van der Waals surface area contributed by atoms with E-state index in [-0.39, 0.29) is 24.5 Å². The zero-order valence-corrected chi connectivity index (χ0v) is 20.7. The minimum Gasteiger partial charge on any atom is -0.462 e. The molecule has 5 heteroatoms. The van der Waals surface area contributed by atoms with Gasteiger partial charge in [0, 0.05) is 6.42 Å². The van der Waals surface area contributed by atoms with E-state index in [1.165, 1.54) is 51.4 Å². The highest BCUT2D eigenvalue weighted by molar-refractivity contribution is 5.72. The summed E-state index contributed by atoms with van der Waals surface area (Å²) in [4.78, 5) is 25.9. The van der Waals surface area contributed by atoms with E-state index < -0.39 is 6.10 Å². The first-order chi connectivity index (χ1) is 14.2. The summed E-state index contributed by atoms with van der Waals surface area (Å²) in [6.07, 6.45) is 13.3. The Labute approximate surface area is 186 Å². The van der Waals surface area contributed by atoms with E-state index in [0.717, 1.165) is 31.7 Å². The van der Waals surface area contributed by atoms with Gasteiger partial charge in [-0.2, -0.15) is 0 Å². The van der Waals surface area contributed by atoms with E-state index in [0.29, 0.717) is 6.42 Å². The van der Waals surface area contributed by atoms with Gasteiger partial charge in [-0.1, -0.05) is 78.6 Å². The molecule has 0 saturated heterocycles. The van der Waals surface area contributed by atoms with Crippen LogP contribution in [0.4, 0.5) is 0 Å². The van der Waals surface area contributed by atoms with Gasteiger partial charge in [-0.05, 0) is 46.3 Å². The molecule has 0 saturated carbocycles. The maximum Gasteiger partial charge on any atom is 0.309 e. The maximum atomic E-state index is 12.0. The summed E-state index contributed by atoms with van der Waals surface area (Å²) >= 11 is 0. The highest BCUT2D eigenvalue weighted by Gasteiger charge is 2.18. The Morgan fingerprint density at radius 3 is 1.83 bits per heavy atom. The molecule has 0 aliphatic rings. The Hall–Kier alpha value is -1.10. The third-order valence-corrected chi connectivity index (χ3v) is 5.37. The molecule has 0 aromatic heterocycles. The number of unbranched alkanes of at least 4 members (excludes halogenated alkanes) is 8. The van der Waals surface area contributed by atoms with Crippen LogP contribution < -0.4 is 0 Å². The van der Waals surface area contributed by atoms with E-state index in [1.807, 2.05) is 25.9 Å². The van der Waals surface area contributed by atoms with Crippen LogP contribution in [0.15, 0.2) is 0 Å². The molecule has 2 unspecified atom stereocenters. The quantitative estimate of drug-likeness (QED) is 0.187. The van der Waals surface area contributed by atoms with Gasteiger partial charge >= 0.3 is 11.9 Å². The molecular weight excluding hydrogens is 378 g/mol.